The lowest BCUT2D eigenvalue weighted by atomic mass is 10.1. The van der Waals surface area contributed by atoms with Crippen molar-refractivity contribution < 1.29 is 17.9 Å². The summed E-state index contributed by atoms with van der Waals surface area (Å²) >= 11 is 0. The zero-order valence-corrected chi connectivity index (χ0v) is 17.0. The third-order valence-electron chi connectivity index (χ3n) is 4.44. The first-order chi connectivity index (χ1) is 13.9. The van der Waals surface area contributed by atoms with Gasteiger partial charge in [-0.25, -0.2) is 8.42 Å². The van der Waals surface area contributed by atoms with Gasteiger partial charge in [0.2, 0.25) is 0 Å². The minimum atomic E-state index is -3.80. The molecule has 1 N–H and O–H groups in total. The summed E-state index contributed by atoms with van der Waals surface area (Å²) in [6, 6.07) is 22.1. The van der Waals surface area contributed by atoms with Crippen LogP contribution in [0.3, 0.4) is 0 Å². The lowest BCUT2D eigenvalue weighted by Crippen LogP contribution is -2.26. The Morgan fingerprint density at radius 1 is 0.966 bits per heavy atom. The molecule has 6 nitrogen and oxygen atoms in total. The molecule has 0 bridgehead atoms. The number of anilines is 2. The van der Waals surface area contributed by atoms with Crippen molar-refractivity contribution in [1.82, 2.24) is 0 Å². The van der Waals surface area contributed by atoms with E-state index in [0.717, 1.165) is 5.56 Å². The molecule has 150 valence electrons. The van der Waals surface area contributed by atoms with Crippen LogP contribution in [0, 0.1) is 0 Å². The molecule has 0 atom stereocenters. The highest BCUT2D eigenvalue weighted by atomic mass is 32.2. The van der Waals surface area contributed by atoms with Gasteiger partial charge in [0.15, 0.2) is 0 Å². The Kier molecular flexibility index (Phi) is 6.31. The van der Waals surface area contributed by atoms with E-state index in [2.05, 4.69) is 5.32 Å². The van der Waals surface area contributed by atoms with Crippen molar-refractivity contribution in [1.29, 1.82) is 0 Å². The molecule has 0 unspecified atom stereocenters. The number of carbonyl (C=O) groups excluding carboxylic acids is 1. The van der Waals surface area contributed by atoms with E-state index in [-0.39, 0.29) is 10.5 Å². The molecule has 0 radical (unpaired) electrons. The Labute approximate surface area is 170 Å². The van der Waals surface area contributed by atoms with E-state index < -0.39 is 15.9 Å². The molecule has 0 aliphatic carbocycles. The minimum Gasteiger partial charge on any atom is -0.380 e. The predicted molar refractivity (Wildman–Crippen MR) is 114 cm³/mol. The second-order valence-electron chi connectivity index (χ2n) is 6.38. The summed E-state index contributed by atoms with van der Waals surface area (Å²) in [6.07, 6.45) is 0. The summed E-state index contributed by atoms with van der Waals surface area (Å²) in [5, 5.41) is 2.82. The van der Waals surface area contributed by atoms with Gasteiger partial charge in [-0.15, -0.1) is 0 Å². The molecule has 0 aliphatic heterocycles. The first-order valence-electron chi connectivity index (χ1n) is 8.95. The Morgan fingerprint density at radius 3 is 2.38 bits per heavy atom. The van der Waals surface area contributed by atoms with Crippen molar-refractivity contribution in [3.63, 3.8) is 0 Å². The van der Waals surface area contributed by atoms with Gasteiger partial charge in [0, 0.05) is 31.0 Å². The molecule has 0 saturated carbocycles. The summed E-state index contributed by atoms with van der Waals surface area (Å²) < 4.78 is 32.3. The van der Waals surface area contributed by atoms with E-state index >= 15 is 0 Å². The van der Waals surface area contributed by atoms with Crippen molar-refractivity contribution in [2.24, 2.45) is 0 Å². The zero-order valence-electron chi connectivity index (χ0n) is 16.2. The van der Waals surface area contributed by atoms with Gasteiger partial charge < -0.3 is 10.1 Å². The van der Waals surface area contributed by atoms with E-state index in [0.29, 0.717) is 18.0 Å². The highest BCUT2D eigenvalue weighted by Gasteiger charge is 2.22. The van der Waals surface area contributed by atoms with Crippen LogP contribution in [0.25, 0.3) is 0 Å². The molecular weight excluding hydrogens is 388 g/mol. The van der Waals surface area contributed by atoms with Gasteiger partial charge in [0.1, 0.15) is 0 Å². The maximum atomic E-state index is 13.0. The van der Waals surface area contributed by atoms with Gasteiger partial charge in [-0.3, -0.25) is 9.10 Å². The average Bonchev–Trinajstić information content (AvgIpc) is 2.75. The largest absolute Gasteiger partial charge is 0.380 e. The van der Waals surface area contributed by atoms with Crippen molar-refractivity contribution in [2.75, 3.05) is 23.8 Å². The van der Waals surface area contributed by atoms with Crippen LogP contribution in [-0.4, -0.2) is 28.5 Å². The van der Waals surface area contributed by atoms with Crippen LogP contribution in [0.1, 0.15) is 15.9 Å². The highest BCUT2D eigenvalue weighted by molar-refractivity contribution is 7.92. The molecule has 0 spiro atoms. The third kappa shape index (κ3) is 4.64. The summed E-state index contributed by atoms with van der Waals surface area (Å²) in [6.45, 7) is 0.354. The smallest absolute Gasteiger partial charge is 0.264 e. The number of methoxy groups -OCH3 is 1. The van der Waals surface area contributed by atoms with Crippen LogP contribution in [0.4, 0.5) is 11.4 Å². The summed E-state index contributed by atoms with van der Waals surface area (Å²) in [5.74, 6) is -0.395. The fourth-order valence-electron chi connectivity index (χ4n) is 2.85. The Balaban J connectivity index is 1.87. The second kappa shape index (κ2) is 8.89. The van der Waals surface area contributed by atoms with Gasteiger partial charge in [-0.2, -0.15) is 0 Å². The van der Waals surface area contributed by atoms with Gasteiger partial charge in [-0.05, 0) is 36.4 Å². The SMILES string of the molecule is COCc1ccccc1NC(=O)c1cccc(S(=O)(=O)N(C)c2ccccc2)c1. The molecule has 0 aromatic heterocycles. The average molecular weight is 410 g/mol. The Morgan fingerprint density at radius 2 is 1.66 bits per heavy atom. The van der Waals surface area contributed by atoms with Crippen molar-refractivity contribution in [2.45, 2.75) is 11.5 Å². The first-order valence-corrected chi connectivity index (χ1v) is 10.4. The number of benzene rings is 3. The van der Waals surface area contributed by atoms with Crippen LogP contribution < -0.4 is 9.62 Å². The molecule has 1 amide bonds. The molecule has 0 aliphatic rings. The topological polar surface area (TPSA) is 75.7 Å². The van der Waals surface area contributed by atoms with Crippen LogP contribution in [0.5, 0.6) is 0 Å². The number of carbonyl (C=O) groups is 1. The zero-order chi connectivity index (χ0) is 20.9. The number of rotatable bonds is 7. The maximum Gasteiger partial charge on any atom is 0.264 e. The van der Waals surface area contributed by atoms with Crippen molar-refractivity contribution >= 4 is 27.3 Å². The second-order valence-corrected chi connectivity index (χ2v) is 8.35. The number of nitrogens with zero attached hydrogens (tertiary/aromatic N) is 1. The van der Waals surface area contributed by atoms with E-state index in [4.69, 9.17) is 4.74 Å². The van der Waals surface area contributed by atoms with Crippen LogP contribution in [-0.2, 0) is 21.4 Å². The monoisotopic (exact) mass is 410 g/mol. The van der Waals surface area contributed by atoms with Gasteiger partial charge >= 0.3 is 0 Å². The van der Waals surface area contributed by atoms with E-state index in [1.54, 1.807) is 49.6 Å². The van der Waals surface area contributed by atoms with Gasteiger partial charge in [0.05, 0.1) is 17.2 Å². The highest BCUT2D eigenvalue weighted by Crippen LogP contribution is 2.23. The minimum absolute atomic E-state index is 0.0432. The fourth-order valence-corrected chi connectivity index (χ4v) is 4.09. The summed E-state index contributed by atoms with van der Waals surface area (Å²) in [5.41, 5.74) is 2.24. The third-order valence-corrected chi connectivity index (χ3v) is 6.22. The molecule has 3 rings (SSSR count). The summed E-state index contributed by atoms with van der Waals surface area (Å²) in [7, 11) is -0.740. The first kappa shape index (κ1) is 20.6. The normalized spacial score (nSPS) is 11.1. The number of amides is 1. The molecule has 3 aromatic rings. The molecule has 0 saturated heterocycles. The predicted octanol–water partition coefficient (Wildman–Crippen LogP) is 3.91. The number of sulfonamides is 1. The number of hydrogen-bond acceptors (Lipinski definition) is 4. The molecule has 3 aromatic carbocycles. The number of hydrogen-bond donors (Lipinski definition) is 1. The molecular formula is C22H22N2O4S. The number of ether oxygens (including phenoxy) is 1. The van der Waals surface area contributed by atoms with E-state index in [1.807, 2.05) is 24.3 Å². The number of nitrogens with one attached hydrogen (secondary N) is 1. The lowest BCUT2D eigenvalue weighted by Gasteiger charge is -2.19. The van der Waals surface area contributed by atoms with Gasteiger partial charge in [-0.1, -0.05) is 42.5 Å². The molecule has 7 heteroatoms. The van der Waals surface area contributed by atoms with Crippen molar-refractivity contribution in [3.05, 3.63) is 90.0 Å². The van der Waals surface area contributed by atoms with Gasteiger partial charge in [0.25, 0.3) is 15.9 Å². The van der Waals surface area contributed by atoms with E-state index in [1.165, 1.54) is 23.5 Å². The van der Waals surface area contributed by atoms with Crippen LogP contribution in [0.15, 0.2) is 83.8 Å². The molecule has 0 fully saturated rings. The molecule has 0 heterocycles. The molecule has 29 heavy (non-hydrogen) atoms. The summed E-state index contributed by atoms with van der Waals surface area (Å²) in [4.78, 5) is 12.8. The van der Waals surface area contributed by atoms with Crippen LogP contribution >= 0.6 is 0 Å². The number of para-hydroxylation sites is 2. The standard InChI is InChI=1S/C22H22N2O4S/c1-24(19-11-4-3-5-12-19)29(26,27)20-13-8-10-17(15-20)22(25)23-21-14-7-6-9-18(21)16-28-2/h3-15H,16H2,1-2H3,(H,23,25). The van der Waals surface area contributed by atoms with Crippen LogP contribution in [0.2, 0.25) is 0 Å². The van der Waals surface area contributed by atoms with E-state index in [9.17, 15) is 13.2 Å². The Bertz CT molecular complexity index is 1100. The fraction of sp³-hybridized carbons (Fsp3) is 0.136. The van der Waals surface area contributed by atoms with Crippen molar-refractivity contribution in [3.8, 4) is 0 Å². The quantitative estimate of drug-likeness (QED) is 0.641. The maximum absolute atomic E-state index is 13.0. The lowest BCUT2D eigenvalue weighted by molar-refractivity contribution is 0.102. The Hall–Kier alpha value is -3.16.